The third-order valence-corrected chi connectivity index (χ3v) is 2.20. The number of hydrogen-bond acceptors (Lipinski definition) is 4. The molecule has 0 radical (unpaired) electrons. The molecule has 4 N–H and O–H groups in total. The number of rotatable bonds is 4. The normalized spacial score (nSPS) is 12.2. The number of aliphatic carboxylic acids is 1. The highest BCUT2D eigenvalue weighted by Gasteiger charge is 2.24. The molecule has 1 rings (SSSR count). The molecule has 88 valence electrons. The molecule has 5 nitrogen and oxygen atoms in total. The van der Waals surface area contributed by atoms with Crippen molar-refractivity contribution in [3.05, 3.63) is 23.5 Å². The van der Waals surface area contributed by atoms with Gasteiger partial charge in [0.2, 0.25) is 0 Å². The first-order chi connectivity index (χ1) is 7.51. The number of carboxylic acids is 1. The average Bonchev–Trinajstić information content (AvgIpc) is 2.24. The summed E-state index contributed by atoms with van der Waals surface area (Å²) >= 11 is 0. The maximum absolute atomic E-state index is 13.5. The fourth-order valence-electron chi connectivity index (χ4n) is 1.34. The number of phenolic OH excluding ortho intramolecular Hbond substituents is 1. The van der Waals surface area contributed by atoms with Gasteiger partial charge in [0.25, 0.3) is 0 Å². The second-order valence-electron chi connectivity index (χ2n) is 3.18. The van der Waals surface area contributed by atoms with Crippen molar-refractivity contribution in [2.45, 2.75) is 5.92 Å². The first kappa shape index (κ1) is 12.3. The average molecular weight is 229 g/mol. The third kappa shape index (κ3) is 2.22. The number of carboxylic acid groups (broad SMARTS) is 1. The van der Waals surface area contributed by atoms with Gasteiger partial charge in [-0.25, -0.2) is 4.39 Å². The zero-order valence-electron chi connectivity index (χ0n) is 8.61. The van der Waals surface area contributed by atoms with E-state index in [1.807, 2.05) is 0 Å². The van der Waals surface area contributed by atoms with Crippen LogP contribution in [0.2, 0.25) is 0 Å². The van der Waals surface area contributed by atoms with Crippen LogP contribution in [-0.4, -0.2) is 29.8 Å². The van der Waals surface area contributed by atoms with Gasteiger partial charge in [-0.1, -0.05) is 0 Å². The lowest BCUT2D eigenvalue weighted by atomic mass is 9.98. The summed E-state index contributed by atoms with van der Waals surface area (Å²) in [5.74, 6) is -3.93. The second-order valence-corrected chi connectivity index (χ2v) is 3.18. The van der Waals surface area contributed by atoms with E-state index in [0.29, 0.717) is 0 Å². The standard InChI is InChI=1S/C10H12FNO4/c1-16-5-2-6(7(4-12)10(14)15)9(11)8(13)3-5/h2-3,7,13H,4,12H2,1H3,(H,14,15). The molecule has 0 saturated heterocycles. The van der Waals surface area contributed by atoms with Crippen molar-refractivity contribution in [3.8, 4) is 11.5 Å². The highest BCUT2D eigenvalue weighted by molar-refractivity contribution is 5.77. The van der Waals surface area contributed by atoms with Gasteiger partial charge in [0, 0.05) is 18.2 Å². The molecule has 0 aromatic heterocycles. The van der Waals surface area contributed by atoms with Crippen LogP contribution in [0.1, 0.15) is 11.5 Å². The molecule has 0 saturated carbocycles. The summed E-state index contributed by atoms with van der Waals surface area (Å²) in [7, 11) is 1.33. The van der Waals surface area contributed by atoms with Gasteiger partial charge >= 0.3 is 5.97 Å². The molecule has 0 bridgehead atoms. The van der Waals surface area contributed by atoms with Gasteiger partial charge in [0.15, 0.2) is 11.6 Å². The molecule has 0 aliphatic rings. The fourth-order valence-corrected chi connectivity index (χ4v) is 1.34. The summed E-state index contributed by atoms with van der Waals surface area (Å²) in [6.07, 6.45) is 0. The number of hydrogen-bond donors (Lipinski definition) is 3. The van der Waals surface area contributed by atoms with E-state index in [2.05, 4.69) is 0 Å². The van der Waals surface area contributed by atoms with Gasteiger partial charge in [0.1, 0.15) is 5.75 Å². The van der Waals surface area contributed by atoms with Crippen molar-refractivity contribution >= 4 is 5.97 Å². The molecule has 0 spiro atoms. The largest absolute Gasteiger partial charge is 0.505 e. The van der Waals surface area contributed by atoms with Crippen molar-refractivity contribution in [1.82, 2.24) is 0 Å². The van der Waals surface area contributed by atoms with E-state index in [-0.39, 0.29) is 17.9 Å². The van der Waals surface area contributed by atoms with Crippen LogP contribution < -0.4 is 10.5 Å². The quantitative estimate of drug-likeness (QED) is 0.705. The van der Waals surface area contributed by atoms with E-state index in [1.165, 1.54) is 13.2 Å². The summed E-state index contributed by atoms with van der Waals surface area (Å²) in [6, 6.07) is 2.27. The number of phenols is 1. The van der Waals surface area contributed by atoms with Crippen LogP contribution in [0, 0.1) is 5.82 Å². The minimum atomic E-state index is -1.26. The fraction of sp³-hybridized carbons (Fsp3) is 0.300. The van der Waals surface area contributed by atoms with Crippen LogP contribution in [-0.2, 0) is 4.79 Å². The summed E-state index contributed by atoms with van der Waals surface area (Å²) in [4.78, 5) is 10.8. The van der Waals surface area contributed by atoms with Crippen molar-refractivity contribution in [2.24, 2.45) is 5.73 Å². The van der Waals surface area contributed by atoms with E-state index in [1.54, 1.807) is 0 Å². The van der Waals surface area contributed by atoms with Gasteiger partial charge in [-0.2, -0.15) is 0 Å². The topological polar surface area (TPSA) is 92.8 Å². The first-order valence-electron chi connectivity index (χ1n) is 4.50. The lowest BCUT2D eigenvalue weighted by molar-refractivity contribution is -0.138. The molecule has 1 aromatic rings. The summed E-state index contributed by atoms with van der Waals surface area (Å²) in [5, 5.41) is 18.1. The van der Waals surface area contributed by atoms with Crippen LogP contribution >= 0.6 is 0 Å². The molecule has 1 unspecified atom stereocenters. The zero-order valence-corrected chi connectivity index (χ0v) is 8.61. The second kappa shape index (κ2) is 4.80. The molecule has 0 aliphatic heterocycles. The van der Waals surface area contributed by atoms with Crippen molar-refractivity contribution in [3.63, 3.8) is 0 Å². The zero-order chi connectivity index (χ0) is 12.3. The van der Waals surface area contributed by atoms with Crippen molar-refractivity contribution in [2.75, 3.05) is 13.7 Å². The molecule has 0 amide bonds. The van der Waals surface area contributed by atoms with E-state index >= 15 is 0 Å². The summed E-state index contributed by atoms with van der Waals surface area (Å²) in [6.45, 7) is -0.265. The maximum atomic E-state index is 13.5. The number of methoxy groups -OCH3 is 1. The number of ether oxygens (including phenoxy) is 1. The number of benzene rings is 1. The lowest BCUT2D eigenvalue weighted by Crippen LogP contribution is -2.22. The van der Waals surface area contributed by atoms with Gasteiger partial charge < -0.3 is 20.7 Å². The van der Waals surface area contributed by atoms with Gasteiger partial charge in [-0.3, -0.25) is 4.79 Å². The molecule has 1 aromatic carbocycles. The van der Waals surface area contributed by atoms with Gasteiger partial charge in [-0.05, 0) is 6.07 Å². The predicted octanol–water partition coefficient (Wildman–Crippen LogP) is 0.667. The molecular weight excluding hydrogens is 217 g/mol. The Balaban J connectivity index is 3.30. The molecule has 16 heavy (non-hydrogen) atoms. The Kier molecular flexibility index (Phi) is 3.68. The highest BCUT2D eigenvalue weighted by Crippen LogP contribution is 2.30. The highest BCUT2D eigenvalue weighted by atomic mass is 19.1. The molecular formula is C10H12FNO4. The monoisotopic (exact) mass is 229 g/mol. The van der Waals surface area contributed by atoms with E-state index in [9.17, 15) is 14.3 Å². The van der Waals surface area contributed by atoms with Gasteiger partial charge in [0.05, 0.1) is 13.0 Å². The molecule has 6 heteroatoms. The Morgan fingerprint density at radius 3 is 2.69 bits per heavy atom. The Labute approximate surface area is 91.3 Å². The van der Waals surface area contributed by atoms with E-state index in [0.717, 1.165) is 6.07 Å². The molecule has 0 fully saturated rings. The van der Waals surface area contributed by atoms with E-state index < -0.39 is 23.5 Å². The minimum absolute atomic E-state index is 0.175. The predicted molar refractivity (Wildman–Crippen MR) is 54.0 cm³/mol. The van der Waals surface area contributed by atoms with E-state index in [4.69, 9.17) is 15.6 Å². The van der Waals surface area contributed by atoms with Crippen molar-refractivity contribution < 1.29 is 24.1 Å². The van der Waals surface area contributed by atoms with Crippen LogP contribution in [0.15, 0.2) is 12.1 Å². The Bertz CT molecular complexity index is 408. The van der Waals surface area contributed by atoms with Crippen LogP contribution in [0.4, 0.5) is 4.39 Å². The number of halogens is 1. The maximum Gasteiger partial charge on any atom is 0.312 e. The number of aromatic hydroxyl groups is 1. The molecule has 0 aliphatic carbocycles. The first-order valence-corrected chi connectivity index (χ1v) is 4.50. The van der Waals surface area contributed by atoms with Crippen molar-refractivity contribution in [1.29, 1.82) is 0 Å². The smallest absolute Gasteiger partial charge is 0.312 e. The van der Waals surface area contributed by atoms with Crippen LogP contribution in [0.25, 0.3) is 0 Å². The lowest BCUT2D eigenvalue weighted by Gasteiger charge is -2.13. The molecule has 0 heterocycles. The summed E-state index contributed by atoms with van der Waals surface area (Å²) < 4.78 is 18.3. The Hall–Kier alpha value is -1.82. The molecule has 1 atom stereocenters. The van der Waals surface area contributed by atoms with Crippen LogP contribution in [0.5, 0.6) is 11.5 Å². The third-order valence-electron chi connectivity index (χ3n) is 2.20. The minimum Gasteiger partial charge on any atom is -0.505 e. The SMILES string of the molecule is COc1cc(O)c(F)c(C(CN)C(=O)O)c1. The van der Waals surface area contributed by atoms with Crippen LogP contribution in [0.3, 0.4) is 0 Å². The number of carbonyl (C=O) groups is 1. The van der Waals surface area contributed by atoms with Gasteiger partial charge in [-0.15, -0.1) is 0 Å². The Morgan fingerprint density at radius 2 is 2.25 bits per heavy atom. The summed E-state index contributed by atoms with van der Waals surface area (Å²) in [5.41, 5.74) is 5.06. The Morgan fingerprint density at radius 1 is 1.62 bits per heavy atom. The number of nitrogens with two attached hydrogens (primary N) is 1.